The van der Waals surface area contributed by atoms with Crippen molar-refractivity contribution in [1.29, 1.82) is 0 Å². The number of rotatable bonds is 5. The Kier molecular flexibility index (Phi) is 5.92. The normalized spacial score (nSPS) is 12.3. The van der Waals surface area contributed by atoms with Gasteiger partial charge in [0, 0.05) is 23.5 Å². The van der Waals surface area contributed by atoms with Gasteiger partial charge in [-0.25, -0.2) is 14.5 Å². The molecule has 0 spiro atoms. The molecule has 0 atom stereocenters. The predicted octanol–water partition coefficient (Wildman–Crippen LogP) is -0.255. The highest BCUT2D eigenvalue weighted by molar-refractivity contribution is 6.34. The van der Waals surface area contributed by atoms with Gasteiger partial charge in [-0.2, -0.15) is 0 Å². The molecular weight excluding hydrogens is 514 g/mol. The average molecular weight is 529 g/mol. The molecule has 0 saturated carbocycles. The molecule has 2 aromatic heterocycles. The van der Waals surface area contributed by atoms with E-state index in [-0.39, 0.29) is 39.3 Å². The van der Waals surface area contributed by atoms with Gasteiger partial charge in [-0.3, -0.25) is 38.7 Å². The smallest absolute Gasteiger partial charge is 0.316 e. The third kappa shape index (κ3) is 4.57. The summed E-state index contributed by atoms with van der Waals surface area (Å²) in [4.78, 5) is 106. The molecular formula is C24H15N7O8. The van der Waals surface area contributed by atoms with Crippen LogP contribution < -0.4 is 38.0 Å². The van der Waals surface area contributed by atoms with Crippen LogP contribution in [0.5, 0.6) is 0 Å². The van der Waals surface area contributed by atoms with Crippen LogP contribution in [0.15, 0.2) is 74.0 Å². The summed E-state index contributed by atoms with van der Waals surface area (Å²) in [5, 5.41) is 4.65. The largest absolute Gasteiger partial charge is 0.325 e. The Bertz CT molecular complexity index is 1930. The lowest BCUT2D eigenvalue weighted by molar-refractivity contribution is 0.0924. The van der Waals surface area contributed by atoms with Crippen LogP contribution in [-0.4, -0.2) is 43.6 Å². The fraction of sp³-hybridized carbons (Fsp3) is 0. The Morgan fingerprint density at radius 2 is 1.10 bits per heavy atom. The van der Waals surface area contributed by atoms with Crippen LogP contribution in [0.4, 0.5) is 17.1 Å². The van der Waals surface area contributed by atoms with Crippen LogP contribution in [-0.2, 0) is 0 Å². The van der Waals surface area contributed by atoms with Gasteiger partial charge in [0.05, 0.1) is 16.8 Å². The summed E-state index contributed by atoms with van der Waals surface area (Å²) in [5.74, 6) is -2.82. The lowest BCUT2D eigenvalue weighted by Crippen LogP contribution is -2.29. The maximum atomic E-state index is 13.1. The summed E-state index contributed by atoms with van der Waals surface area (Å²) >= 11 is 0. The fourth-order valence-electron chi connectivity index (χ4n) is 3.77. The number of nitrogens with zero attached hydrogens (tertiary/aromatic N) is 1. The number of carbonyl (C=O) groups is 4. The minimum atomic E-state index is -0.826. The monoisotopic (exact) mass is 529 g/mol. The van der Waals surface area contributed by atoms with E-state index in [0.29, 0.717) is 0 Å². The number of carbonyl (C=O) groups excluding carboxylic acids is 4. The van der Waals surface area contributed by atoms with Crippen LogP contribution in [0.25, 0.3) is 0 Å². The first kappa shape index (κ1) is 24.6. The van der Waals surface area contributed by atoms with Crippen molar-refractivity contribution in [1.82, 2.24) is 19.9 Å². The number of hydrogen-bond donors (Lipinski definition) is 6. The molecule has 4 aromatic rings. The quantitative estimate of drug-likeness (QED) is 0.188. The summed E-state index contributed by atoms with van der Waals surface area (Å²) in [5.41, 5.74) is -3.32. The second-order valence-electron chi connectivity index (χ2n) is 8.13. The van der Waals surface area contributed by atoms with Crippen LogP contribution in [0.3, 0.4) is 0 Å². The van der Waals surface area contributed by atoms with Gasteiger partial charge >= 0.3 is 11.4 Å². The highest BCUT2D eigenvalue weighted by atomic mass is 16.2. The Morgan fingerprint density at radius 3 is 1.64 bits per heavy atom. The van der Waals surface area contributed by atoms with Crippen molar-refractivity contribution in [2.45, 2.75) is 0 Å². The van der Waals surface area contributed by atoms with Crippen LogP contribution in [0.2, 0.25) is 0 Å². The van der Waals surface area contributed by atoms with Gasteiger partial charge in [-0.15, -0.1) is 0 Å². The SMILES string of the molecule is O=C(Nc1c[nH]c(=O)[nH]c1=O)c1ccc(N2C(=O)c3ccc(C(=O)Nc4c[nH]c(=O)[nH]c4=O)cc3C2=O)cc1. The number of aromatic nitrogens is 4. The third-order valence-electron chi connectivity index (χ3n) is 5.67. The van der Waals surface area contributed by atoms with Gasteiger partial charge in [-0.1, -0.05) is 0 Å². The molecule has 1 aliphatic rings. The molecule has 0 radical (unpaired) electrons. The van der Waals surface area contributed by atoms with E-state index in [9.17, 15) is 38.4 Å². The zero-order valence-corrected chi connectivity index (χ0v) is 19.4. The summed E-state index contributed by atoms with van der Waals surface area (Å²) in [7, 11) is 0. The standard InChI is InChI=1S/C24H15N7O8/c32-17(27-15-8-25-23(38)29-19(15)34)10-1-4-12(5-2-10)31-21(36)13-6-3-11(7-14(13)22(31)37)18(33)28-16-9-26-24(39)30-20(16)35/h1-9H,(H,27,32)(H,28,33)(H2,25,29,34,38)(H2,26,30,35,39). The zero-order valence-electron chi connectivity index (χ0n) is 19.4. The van der Waals surface area contributed by atoms with E-state index in [2.05, 4.69) is 20.6 Å². The van der Waals surface area contributed by atoms with Gasteiger partial charge in [0.1, 0.15) is 11.4 Å². The van der Waals surface area contributed by atoms with E-state index in [1.54, 1.807) is 0 Å². The van der Waals surface area contributed by atoms with E-state index < -0.39 is 46.1 Å². The maximum absolute atomic E-state index is 13.1. The van der Waals surface area contributed by atoms with Gasteiger partial charge in [0.15, 0.2) is 0 Å². The second-order valence-corrected chi connectivity index (χ2v) is 8.13. The Morgan fingerprint density at radius 1 is 0.615 bits per heavy atom. The van der Waals surface area contributed by atoms with E-state index in [1.165, 1.54) is 42.5 Å². The molecule has 0 saturated heterocycles. The average Bonchev–Trinajstić information content (AvgIpc) is 3.16. The molecule has 6 N–H and O–H groups in total. The molecule has 1 aliphatic heterocycles. The Labute approximate surface area is 214 Å². The summed E-state index contributed by atoms with van der Waals surface area (Å²) in [6.45, 7) is 0. The molecule has 0 bridgehead atoms. The number of imide groups is 1. The molecule has 2 aromatic carbocycles. The molecule has 0 fully saturated rings. The molecule has 0 unspecified atom stereocenters. The van der Waals surface area contributed by atoms with Crippen molar-refractivity contribution in [2.75, 3.05) is 15.5 Å². The van der Waals surface area contributed by atoms with E-state index >= 15 is 0 Å². The molecule has 15 heteroatoms. The number of nitrogens with one attached hydrogen (secondary N) is 6. The lowest BCUT2D eigenvalue weighted by Gasteiger charge is -2.14. The first-order chi connectivity index (χ1) is 18.6. The molecule has 5 rings (SSSR count). The number of H-pyrrole nitrogens is 4. The maximum Gasteiger partial charge on any atom is 0.325 e. The minimum absolute atomic E-state index is 0.0217. The Balaban J connectivity index is 1.35. The van der Waals surface area contributed by atoms with Crippen LogP contribution in [0.1, 0.15) is 41.4 Å². The van der Waals surface area contributed by atoms with Gasteiger partial charge in [0.2, 0.25) is 0 Å². The van der Waals surface area contributed by atoms with Crippen molar-refractivity contribution >= 4 is 40.7 Å². The fourth-order valence-corrected chi connectivity index (χ4v) is 3.77. The summed E-state index contributed by atoms with van der Waals surface area (Å²) < 4.78 is 0. The minimum Gasteiger partial charge on any atom is -0.316 e. The highest BCUT2D eigenvalue weighted by Crippen LogP contribution is 2.29. The number of fused-ring (bicyclic) bond motifs is 1. The zero-order chi connectivity index (χ0) is 27.8. The van der Waals surface area contributed by atoms with E-state index in [1.807, 2.05) is 9.97 Å². The number of benzene rings is 2. The van der Waals surface area contributed by atoms with E-state index in [4.69, 9.17) is 0 Å². The van der Waals surface area contributed by atoms with Crippen LogP contribution in [0, 0.1) is 0 Å². The molecule has 0 aliphatic carbocycles. The first-order valence-corrected chi connectivity index (χ1v) is 11.0. The highest BCUT2D eigenvalue weighted by Gasteiger charge is 2.37. The van der Waals surface area contributed by atoms with Crippen molar-refractivity contribution in [2.24, 2.45) is 0 Å². The number of hydrogen-bond acceptors (Lipinski definition) is 8. The van der Waals surface area contributed by atoms with Gasteiger partial charge in [0.25, 0.3) is 34.7 Å². The molecule has 194 valence electrons. The summed E-state index contributed by atoms with van der Waals surface area (Å²) in [6.07, 6.45) is 2.06. The molecule has 3 heterocycles. The van der Waals surface area contributed by atoms with Gasteiger partial charge < -0.3 is 20.6 Å². The van der Waals surface area contributed by atoms with Crippen molar-refractivity contribution in [3.63, 3.8) is 0 Å². The number of anilines is 3. The number of aromatic amines is 4. The predicted molar refractivity (Wildman–Crippen MR) is 135 cm³/mol. The molecule has 4 amide bonds. The Hall–Kier alpha value is -6.12. The van der Waals surface area contributed by atoms with Crippen molar-refractivity contribution in [3.05, 3.63) is 119 Å². The molecule has 39 heavy (non-hydrogen) atoms. The summed E-state index contributed by atoms with van der Waals surface area (Å²) in [6, 6.07) is 9.16. The molecule has 15 nitrogen and oxygen atoms in total. The van der Waals surface area contributed by atoms with Crippen molar-refractivity contribution in [3.8, 4) is 0 Å². The van der Waals surface area contributed by atoms with Gasteiger partial charge in [-0.05, 0) is 42.5 Å². The number of amides is 4. The van der Waals surface area contributed by atoms with Crippen molar-refractivity contribution < 1.29 is 19.2 Å². The first-order valence-electron chi connectivity index (χ1n) is 11.0. The third-order valence-corrected chi connectivity index (χ3v) is 5.67. The topological polar surface area (TPSA) is 227 Å². The lowest BCUT2D eigenvalue weighted by atomic mass is 10.1. The van der Waals surface area contributed by atoms with Crippen LogP contribution >= 0.6 is 0 Å². The second kappa shape index (κ2) is 9.40. The van der Waals surface area contributed by atoms with E-state index in [0.717, 1.165) is 17.3 Å².